The predicted octanol–water partition coefficient (Wildman–Crippen LogP) is -0.722. The molecule has 0 saturated carbocycles. The van der Waals surface area contributed by atoms with E-state index in [0.29, 0.717) is 6.04 Å². The molecule has 2 N–H and O–H groups in total. The number of piperazine rings is 1. The fraction of sp³-hybridized carbons (Fsp3) is 0.857. The lowest BCUT2D eigenvalue weighted by atomic mass is 10.1. The summed E-state index contributed by atoms with van der Waals surface area (Å²) < 4.78 is 0. The van der Waals surface area contributed by atoms with Gasteiger partial charge in [0.25, 0.3) is 0 Å². The molecular weight excluding hydrogens is 140 g/mol. The number of likely N-dealkylation sites (N-methyl/N-ethyl adjacent to an activating group) is 1. The van der Waals surface area contributed by atoms with Gasteiger partial charge in [-0.15, -0.1) is 0 Å². The Hall–Kier alpha value is -0.770. The lowest BCUT2D eigenvalue weighted by molar-refractivity contribution is 0.111. The van der Waals surface area contributed by atoms with E-state index in [-0.39, 0.29) is 0 Å². The van der Waals surface area contributed by atoms with Crippen LogP contribution in [0.15, 0.2) is 5.10 Å². The Morgan fingerprint density at radius 2 is 2.36 bits per heavy atom. The number of nitrogens with zero attached hydrogens (tertiary/aromatic N) is 3. The zero-order chi connectivity index (χ0) is 7.84. The Balaban J connectivity index is 2.03. The van der Waals surface area contributed by atoms with E-state index in [1.54, 1.807) is 0 Å². The lowest BCUT2D eigenvalue weighted by Gasteiger charge is -2.34. The molecule has 4 nitrogen and oxygen atoms in total. The van der Waals surface area contributed by atoms with Gasteiger partial charge in [0.15, 0.2) is 0 Å². The Bertz CT molecular complexity index is 189. The molecule has 2 aliphatic heterocycles. The summed E-state index contributed by atoms with van der Waals surface area (Å²) in [5.41, 5.74) is 5.63. The molecule has 2 rings (SSSR count). The Kier molecular flexibility index (Phi) is 1.49. The minimum absolute atomic E-state index is 0.550. The van der Waals surface area contributed by atoms with Crippen molar-refractivity contribution in [3.8, 4) is 0 Å². The highest BCUT2D eigenvalue weighted by Gasteiger charge is 2.29. The SMILES string of the molecule is CN1CCN2N=C(N)CC2C1. The third-order valence-corrected chi connectivity index (χ3v) is 2.36. The molecule has 2 aliphatic rings. The Labute approximate surface area is 66.6 Å². The minimum Gasteiger partial charge on any atom is -0.386 e. The zero-order valence-electron chi connectivity index (χ0n) is 6.82. The van der Waals surface area contributed by atoms with Gasteiger partial charge in [0.2, 0.25) is 0 Å². The molecule has 1 atom stereocenters. The van der Waals surface area contributed by atoms with Crippen LogP contribution in [0.5, 0.6) is 0 Å². The van der Waals surface area contributed by atoms with Crippen molar-refractivity contribution in [3.63, 3.8) is 0 Å². The van der Waals surface area contributed by atoms with E-state index < -0.39 is 0 Å². The summed E-state index contributed by atoms with van der Waals surface area (Å²) in [7, 11) is 2.14. The molecule has 0 radical (unpaired) electrons. The first kappa shape index (κ1) is 6.91. The zero-order valence-corrected chi connectivity index (χ0v) is 6.82. The number of amidine groups is 1. The predicted molar refractivity (Wildman–Crippen MR) is 44.2 cm³/mol. The molecule has 0 amide bonds. The van der Waals surface area contributed by atoms with Crippen molar-refractivity contribution in [1.82, 2.24) is 9.91 Å². The third-order valence-electron chi connectivity index (χ3n) is 2.36. The first-order valence-corrected chi connectivity index (χ1v) is 4.04. The van der Waals surface area contributed by atoms with Crippen LogP contribution in [-0.2, 0) is 0 Å². The maximum absolute atomic E-state index is 5.63. The molecule has 0 aromatic rings. The van der Waals surface area contributed by atoms with Crippen molar-refractivity contribution in [2.45, 2.75) is 12.5 Å². The highest BCUT2D eigenvalue weighted by Crippen LogP contribution is 2.17. The quantitative estimate of drug-likeness (QED) is 0.501. The van der Waals surface area contributed by atoms with Crippen molar-refractivity contribution in [2.75, 3.05) is 26.7 Å². The molecule has 11 heavy (non-hydrogen) atoms. The molecule has 0 aliphatic carbocycles. The molecule has 2 heterocycles. The van der Waals surface area contributed by atoms with Crippen LogP contribution in [0.25, 0.3) is 0 Å². The molecule has 0 spiro atoms. The smallest absolute Gasteiger partial charge is 0.122 e. The normalized spacial score (nSPS) is 31.9. The van der Waals surface area contributed by atoms with Gasteiger partial charge in [0.1, 0.15) is 5.84 Å². The highest BCUT2D eigenvalue weighted by atomic mass is 15.5. The van der Waals surface area contributed by atoms with Crippen LogP contribution in [0.3, 0.4) is 0 Å². The summed E-state index contributed by atoms with van der Waals surface area (Å²) in [5.74, 6) is 0.797. The topological polar surface area (TPSA) is 44.9 Å². The van der Waals surface area contributed by atoms with Gasteiger partial charge in [-0.3, -0.25) is 5.01 Å². The van der Waals surface area contributed by atoms with Gasteiger partial charge in [0.05, 0.1) is 6.04 Å². The molecule has 1 saturated heterocycles. The van der Waals surface area contributed by atoms with Gasteiger partial charge in [-0.2, -0.15) is 5.10 Å². The van der Waals surface area contributed by atoms with Crippen molar-refractivity contribution >= 4 is 5.84 Å². The van der Waals surface area contributed by atoms with E-state index in [1.165, 1.54) is 0 Å². The second-order valence-electron chi connectivity index (χ2n) is 3.37. The molecule has 0 aromatic carbocycles. The summed E-state index contributed by atoms with van der Waals surface area (Å²) >= 11 is 0. The summed E-state index contributed by atoms with van der Waals surface area (Å²) in [5, 5.41) is 6.37. The molecule has 4 heteroatoms. The van der Waals surface area contributed by atoms with Gasteiger partial charge in [-0.25, -0.2) is 0 Å². The van der Waals surface area contributed by atoms with Crippen LogP contribution in [-0.4, -0.2) is 48.5 Å². The van der Waals surface area contributed by atoms with Crippen molar-refractivity contribution in [3.05, 3.63) is 0 Å². The average Bonchev–Trinajstić information content (AvgIpc) is 2.27. The largest absolute Gasteiger partial charge is 0.386 e. The fourth-order valence-electron chi connectivity index (χ4n) is 1.75. The Morgan fingerprint density at radius 1 is 1.55 bits per heavy atom. The van der Waals surface area contributed by atoms with E-state index in [9.17, 15) is 0 Å². The van der Waals surface area contributed by atoms with E-state index >= 15 is 0 Å². The number of rotatable bonds is 0. The molecule has 1 unspecified atom stereocenters. The van der Waals surface area contributed by atoms with E-state index in [4.69, 9.17) is 5.73 Å². The van der Waals surface area contributed by atoms with Gasteiger partial charge < -0.3 is 10.6 Å². The number of nitrogens with two attached hydrogens (primary N) is 1. The maximum Gasteiger partial charge on any atom is 0.122 e. The number of hydrogen-bond acceptors (Lipinski definition) is 4. The summed E-state index contributed by atoms with van der Waals surface area (Å²) in [6.45, 7) is 3.24. The molecule has 0 aromatic heterocycles. The van der Waals surface area contributed by atoms with E-state index in [1.807, 2.05) is 0 Å². The van der Waals surface area contributed by atoms with Crippen LogP contribution in [0.4, 0.5) is 0 Å². The van der Waals surface area contributed by atoms with E-state index in [0.717, 1.165) is 31.9 Å². The van der Waals surface area contributed by atoms with Gasteiger partial charge in [-0.1, -0.05) is 0 Å². The summed E-state index contributed by atoms with van der Waals surface area (Å²) in [4.78, 5) is 2.33. The average molecular weight is 154 g/mol. The van der Waals surface area contributed by atoms with Crippen LogP contribution >= 0.6 is 0 Å². The number of hydrazone groups is 1. The number of hydrogen-bond donors (Lipinski definition) is 1. The second-order valence-corrected chi connectivity index (χ2v) is 3.37. The highest BCUT2D eigenvalue weighted by molar-refractivity contribution is 5.82. The standard InChI is InChI=1S/C7H14N4/c1-10-2-3-11-6(5-10)4-7(8)9-11/h6H,2-5H2,1H3,(H2,8,9). The summed E-state index contributed by atoms with van der Waals surface area (Å²) in [6.07, 6.45) is 0.949. The minimum atomic E-state index is 0.550. The van der Waals surface area contributed by atoms with Gasteiger partial charge in [-0.05, 0) is 7.05 Å². The fourth-order valence-corrected chi connectivity index (χ4v) is 1.75. The Morgan fingerprint density at radius 3 is 3.18 bits per heavy atom. The first-order chi connectivity index (χ1) is 5.25. The third kappa shape index (κ3) is 1.18. The lowest BCUT2D eigenvalue weighted by Crippen LogP contribution is -2.47. The van der Waals surface area contributed by atoms with E-state index in [2.05, 4.69) is 22.1 Å². The van der Waals surface area contributed by atoms with Crippen LogP contribution in [0, 0.1) is 0 Å². The van der Waals surface area contributed by atoms with Gasteiger partial charge in [0, 0.05) is 26.1 Å². The first-order valence-electron chi connectivity index (χ1n) is 4.04. The van der Waals surface area contributed by atoms with Crippen LogP contribution in [0.1, 0.15) is 6.42 Å². The number of fused-ring (bicyclic) bond motifs is 1. The summed E-state index contributed by atoms with van der Waals surface area (Å²) in [6, 6.07) is 0.550. The van der Waals surface area contributed by atoms with Crippen LogP contribution in [0.2, 0.25) is 0 Å². The monoisotopic (exact) mass is 154 g/mol. The molecule has 0 bridgehead atoms. The maximum atomic E-state index is 5.63. The molecular formula is C7H14N4. The van der Waals surface area contributed by atoms with Crippen molar-refractivity contribution in [1.29, 1.82) is 0 Å². The molecule has 1 fully saturated rings. The van der Waals surface area contributed by atoms with Crippen molar-refractivity contribution < 1.29 is 0 Å². The second kappa shape index (κ2) is 2.37. The van der Waals surface area contributed by atoms with Crippen molar-refractivity contribution in [2.24, 2.45) is 10.8 Å². The molecule has 62 valence electrons. The van der Waals surface area contributed by atoms with Gasteiger partial charge >= 0.3 is 0 Å². The van der Waals surface area contributed by atoms with Crippen LogP contribution < -0.4 is 5.73 Å².